The predicted molar refractivity (Wildman–Crippen MR) is 70.9 cm³/mol. The lowest BCUT2D eigenvalue weighted by atomic mass is 9.87. The molecule has 2 rings (SSSR count). The van der Waals surface area contributed by atoms with Crippen molar-refractivity contribution in [1.29, 1.82) is 5.26 Å². The maximum atomic E-state index is 9.19. The number of benzene rings is 1. The van der Waals surface area contributed by atoms with Gasteiger partial charge in [0, 0.05) is 6.04 Å². The maximum absolute atomic E-state index is 9.19. The Balaban J connectivity index is 2.13. The Morgan fingerprint density at radius 3 is 2.88 bits per heavy atom. The minimum absolute atomic E-state index is 0.535. The Hall–Kier alpha value is -1.49. The molecule has 1 aromatic rings. The van der Waals surface area contributed by atoms with Crippen molar-refractivity contribution < 1.29 is 0 Å². The van der Waals surface area contributed by atoms with Gasteiger partial charge in [-0.1, -0.05) is 31.9 Å². The molecule has 0 heterocycles. The molecule has 0 aliphatic heterocycles. The lowest BCUT2D eigenvalue weighted by Gasteiger charge is -2.28. The molecule has 0 aromatic heterocycles. The van der Waals surface area contributed by atoms with E-state index in [2.05, 4.69) is 18.3 Å². The smallest absolute Gasteiger partial charge is 0.102 e. The number of hydrogen-bond acceptors (Lipinski definition) is 2. The Labute approximate surface area is 104 Å². The molecule has 0 amide bonds. The van der Waals surface area contributed by atoms with Gasteiger partial charge >= 0.3 is 0 Å². The molecule has 1 aliphatic rings. The van der Waals surface area contributed by atoms with Gasteiger partial charge in [-0.25, -0.2) is 0 Å². The van der Waals surface area contributed by atoms with Gasteiger partial charge < -0.3 is 5.32 Å². The van der Waals surface area contributed by atoms with Crippen LogP contribution in [-0.2, 0) is 0 Å². The van der Waals surface area contributed by atoms with Crippen LogP contribution in [0.5, 0.6) is 0 Å². The number of nitriles is 1. The topological polar surface area (TPSA) is 35.8 Å². The number of nitrogens with one attached hydrogen (secondary N) is 1. The van der Waals surface area contributed by atoms with Crippen LogP contribution >= 0.6 is 0 Å². The van der Waals surface area contributed by atoms with Crippen molar-refractivity contribution >= 4 is 5.69 Å². The minimum atomic E-state index is 0.535. The van der Waals surface area contributed by atoms with Gasteiger partial charge in [0.2, 0.25) is 0 Å². The molecule has 0 spiro atoms. The van der Waals surface area contributed by atoms with Crippen molar-refractivity contribution in [1.82, 2.24) is 0 Å². The Morgan fingerprint density at radius 1 is 1.35 bits per heavy atom. The van der Waals surface area contributed by atoms with Crippen LogP contribution in [0.4, 0.5) is 5.69 Å². The summed E-state index contributed by atoms with van der Waals surface area (Å²) in [4.78, 5) is 0. The largest absolute Gasteiger partial charge is 0.381 e. The summed E-state index contributed by atoms with van der Waals surface area (Å²) in [7, 11) is 0. The standard InChI is InChI=1S/C15H20N2/c1-11-5-3-7-13(9-11)17-15-8-4-6-12(2)14(15)10-16/h4,6,8,11,13,17H,3,5,7,9H2,1-2H3. The number of nitrogens with zero attached hydrogens (tertiary/aromatic N) is 1. The van der Waals surface area contributed by atoms with Crippen molar-refractivity contribution in [2.45, 2.75) is 45.6 Å². The molecule has 17 heavy (non-hydrogen) atoms. The van der Waals surface area contributed by atoms with Crippen LogP contribution in [-0.4, -0.2) is 6.04 Å². The van der Waals surface area contributed by atoms with E-state index in [1.54, 1.807) is 0 Å². The maximum Gasteiger partial charge on any atom is 0.102 e. The van der Waals surface area contributed by atoms with Crippen LogP contribution in [0.1, 0.15) is 43.7 Å². The van der Waals surface area contributed by atoms with Gasteiger partial charge in [0.1, 0.15) is 6.07 Å². The zero-order valence-corrected chi connectivity index (χ0v) is 10.7. The first-order chi connectivity index (χ1) is 8.20. The van der Waals surface area contributed by atoms with Crippen molar-refractivity contribution in [3.8, 4) is 6.07 Å². The van der Waals surface area contributed by atoms with Crippen molar-refractivity contribution in [2.75, 3.05) is 5.32 Å². The highest BCUT2D eigenvalue weighted by Gasteiger charge is 2.19. The van der Waals surface area contributed by atoms with Crippen molar-refractivity contribution in [2.24, 2.45) is 5.92 Å². The van der Waals surface area contributed by atoms with E-state index >= 15 is 0 Å². The second kappa shape index (κ2) is 5.23. The second-order valence-corrected chi connectivity index (χ2v) is 5.22. The summed E-state index contributed by atoms with van der Waals surface area (Å²) in [6, 6.07) is 8.87. The first-order valence-electron chi connectivity index (χ1n) is 6.47. The van der Waals surface area contributed by atoms with E-state index in [9.17, 15) is 5.26 Å². The van der Waals surface area contributed by atoms with E-state index in [1.165, 1.54) is 25.7 Å². The average Bonchev–Trinajstić information content (AvgIpc) is 2.29. The van der Waals surface area contributed by atoms with Gasteiger partial charge in [-0.15, -0.1) is 0 Å². The van der Waals surface area contributed by atoms with Crippen molar-refractivity contribution in [3.05, 3.63) is 29.3 Å². The zero-order valence-electron chi connectivity index (χ0n) is 10.7. The number of hydrogen-bond donors (Lipinski definition) is 1. The van der Waals surface area contributed by atoms with Crippen LogP contribution in [0.25, 0.3) is 0 Å². The first-order valence-corrected chi connectivity index (χ1v) is 6.47. The molecule has 1 fully saturated rings. The summed E-state index contributed by atoms with van der Waals surface area (Å²) in [6.45, 7) is 4.31. The minimum Gasteiger partial charge on any atom is -0.381 e. The lowest BCUT2D eigenvalue weighted by molar-refractivity contribution is 0.358. The van der Waals surface area contributed by atoms with Crippen LogP contribution < -0.4 is 5.32 Å². The lowest BCUT2D eigenvalue weighted by Crippen LogP contribution is -2.26. The highest BCUT2D eigenvalue weighted by molar-refractivity contribution is 5.61. The summed E-state index contributed by atoms with van der Waals surface area (Å²) < 4.78 is 0. The van der Waals surface area contributed by atoms with E-state index in [-0.39, 0.29) is 0 Å². The molecular formula is C15H20N2. The van der Waals surface area contributed by atoms with Crippen LogP contribution in [0.2, 0.25) is 0 Å². The molecule has 2 unspecified atom stereocenters. The predicted octanol–water partition coefficient (Wildman–Crippen LogP) is 3.86. The molecule has 0 bridgehead atoms. The highest BCUT2D eigenvalue weighted by atomic mass is 14.9. The van der Waals surface area contributed by atoms with E-state index in [0.29, 0.717) is 6.04 Å². The first kappa shape index (κ1) is 12.0. The molecule has 90 valence electrons. The van der Waals surface area contributed by atoms with Gasteiger partial charge in [0.15, 0.2) is 0 Å². The number of aryl methyl sites for hydroxylation is 1. The second-order valence-electron chi connectivity index (χ2n) is 5.22. The highest BCUT2D eigenvalue weighted by Crippen LogP contribution is 2.28. The van der Waals surface area contributed by atoms with Gasteiger partial charge in [-0.2, -0.15) is 5.26 Å². The molecule has 1 aliphatic carbocycles. The molecule has 2 atom stereocenters. The third kappa shape index (κ3) is 2.79. The fraction of sp³-hybridized carbons (Fsp3) is 0.533. The number of anilines is 1. The van der Waals surface area contributed by atoms with Gasteiger partial charge in [-0.3, -0.25) is 0 Å². The summed E-state index contributed by atoms with van der Waals surface area (Å²) in [5.41, 5.74) is 2.86. The van der Waals surface area contributed by atoms with Crippen LogP contribution in [0.3, 0.4) is 0 Å². The SMILES string of the molecule is Cc1cccc(NC2CCCC(C)C2)c1C#N. The van der Waals surface area contributed by atoms with Crippen LogP contribution in [0, 0.1) is 24.2 Å². The summed E-state index contributed by atoms with van der Waals surface area (Å²) in [6.07, 6.45) is 5.09. The fourth-order valence-electron chi connectivity index (χ4n) is 2.72. The van der Waals surface area contributed by atoms with Gasteiger partial charge in [0.25, 0.3) is 0 Å². The fourth-order valence-corrected chi connectivity index (χ4v) is 2.72. The third-order valence-electron chi connectivity index (χ3n) is 3.68. The van der Waals surface area contributed by atoms with E-state index in [1.807, 2.05) is 25.1 Å². The Morgan fingerprint density at radius 2 is 2.18 bits per heavy atom. The number of rotatable bonds is 2. The average molecular weight is 228 g/mol. The van der Waals surface area contributed by atoms with Gasteiger partial charge in [0.05, 0.1) is 11.3 Å². The zero-order chi connectivity index (χ0) is 12.3. The summed E-state index contributed by atoms with van der Waals surface area (Å²) >= 11 is 0. The third-order valence-corrected chi connectivity index (χ3v) is 3.68. The molecule has 1 saturated carbocycles. The van der Waals surface area contributed by atoms with Crippen LogP contribution in [0.15, 0.2) is 18.2 Å². The molecular weight excluding hydrogens is 208 g/mol. The molecule has 1 aromatic carbocycles. The monoisotopic (exact) mass is 228 g/mol. The summed E-state index contributed by atoms with van der Waals surface area (Å²) in [5, 5.41) is 12.7. The molecule has 2 nitrogen and oxygen atoms in total. The Kier molecular flexibility index (Phi) is 3.68. The summed E-state index contributed by atoms with van der Waals surface area (Å²) in [5.74, 6) is 0.802. The molecule has 2 heteroatoms. The quantitative estimate of drug-likeness (QED) is 0.834. The van der Waals surface area contributed by atoms with Gasteiger partial charge in [-0.05, 0) is 37.3 Å². The Bertz CT molecular complexity index is 431. The van der Waals surface area contributed by atoms with Crippen molar-refractivity contribution in [3.63, 3.8) is 0 Å². The molecule has 1 N–H and O–H groups in total. The molecule has 0 saturated heterocycles. The normalized spacial score (nSPS) is 24.1. The van der Waals surface area contributed by atoms with E-state index < -0.39 is 0 Å². The van der Waals surface area contributed by atoms with E-state index in [0.717, 1.165) is 22.7 Å². The van der Waals surface area contributed by atoms with E-state index in [4.69, 9.17) is 0 Å². The molecule has 0 radical (unpaired) electrons.